The Morgan fingerprint density at radius 2 is 2.22 bits per heavy atom. The molecule has 0 saturated carbocycles. The van der Waals surface area contributed by atoms with Gasteiger partial charge in [-0.3, -0.25) is 9.89 Å². The number of hydrogen-bond donors (Lipinski definition) is 1. The van der Waals surface area contributed by atoms with E-state index in [9.17, 15) is 4.79 Å². The van der Waals surface area contributed by atoms with Gasteiger partial charge in [0.25, 0.3) is 0 Å². The highest BCUT2D eigenvalue weighted by molar-refractivity contribution is 7.99. The first-order chi connectivity index (χ1) is 11.1. The molecule has 1 aromatic heterocycles. The number of aromatic amines is 1. The number of carbonyl (C=O) groups is 1. The van der Waals surface area contributed by atoms with Crippen molar-refractivity contribution in [3.63, 3.8) is 0 Å². The lowest BCUT2D eigenvalue weighted by molar-refractivity contribution is -0.116. The van der Waals surface area contributed by atoms with Crippen LogP contribution >= 0.6 is 11.8 Å². The minimum atomic E-state index is 0.116. The van der Waals surface area contributed by atoms with Gasteiger partial charge < -0.3 is 4.90 Å². The summed E-state index contributed by atoms with van der Waals surface area (Å²) < 4.78 is 0. The van der Waals surface area contributed by atoms with Crippen molar-refractivity contribution in [3.8, 4) is 0 Å². The summed E-state index contributed by atoms with van der Waals surface area (Å²) >= 11 is 1.39. The van der Waals surface area contributed by atoms with Crippen molar-refractivity contribution in [2.24, 2.45) is 0 Å². The molecule has 1 atom stereocenters. The third kappa shape index (κ3) is 3.42. The van der Waals surface area contributed by atoms with Crippen LogP contribution in [0.4, 0.5) is 5.69 Å². The summed E-state index contributed by atoms with van der Waals surface area (Å²) in [6, 6.07) is 8.41. The predicted molar refractivity (Wildman–Crippen MR) is 92.9 cm³/mol. The van der Waals surface area contributed by atoms with Crippen molar-refractivity contribution >= 4 is 23.4 Å². The standard InChI is InChI=1S/C17H22N4OS/c1-11(2)16-18-17(20-19-16)23-10-15(22)21-12(3)8-9-13-6-4-5-7-14(13)21/h4-7,11-12H,8-10H2,1-3H3,(H,18,19,20). The Kier molecular flexibility index (Phi) is 4.71. The first kappa shape index (κ1) is 16.1. The molecule has 1 unspecified atom stereocenters. The Morgan fingerprint density at radius 1 is 1.43 bits per heavy atom. The lowest BCUT2D eigenvalue weighted by Crippen LogP contribution is -2.43. The largest absolute Gasteiger partial charge is 0.309 e. The number of benzene rings is 1. The molecule has 1 aliphatic rings. The molecule has 3 rings (SSSR count). The Labute approximate surface area is 140 Å². The maximum absolute atomic E-state index is 12.7. The van der Waals surface area contributed by atoms with Crippen LogP contribution in [-0.4, -0.2) is 32.9 Å². The molecular formula is C17H22N4OS. The van der Waals surface area contributed by atoms with Gasteiger partial charge >= 0.3 is 0 Å². The number of thioether (sulfide) groups is 1. The summed E-state index contributed by atoms with van der Waals surface area (Å²) in [6.07, 6.45) is 2.04. The number of nitrogens with zero attached hydrogens (tertiary/aromatic N) is 3. The van der Waals surface area contributed by atoms with Crippen LogP contribution in [0.3, 0.4) is 0 Å². The van der Waals surface area contributed by atoms with E-state index >= 15 is 0 Å². The number of aromatic nitrogens is 3. The summed E-state index contributed by atoms with van der Waals surface area (Å²) in [5, 5.41) is 7.74. The molecule has 0 saturated heterocycles. The van der Waals surface area contributed by atoms with Gasteiger partial charge in [0.1, 0.15) is 5.82 Å². The van der Waals surface area contributed by atoms with Gasteiger partial charge in [-0.1, -0.05) is 43.8 Å². The van der Waals surface area contributed by atoms with E-state index in [1.165, 1.54) is 17.3 Å². The highest BCUT2D eigenvalue weighted by atomic mass is 32.2. The van der Waals surface area contributed by atoms with Gasteiger partial charge in [-0.05, 0) is 31.4 Å². The number of amides is 1. The summed E-state index contributed by atoms with van der Waals surface area (Å²) in [5.41, 5.74) is 2.30. The molecule has 0 spiro atoms. The van der Waals surface area contributed by atoms with Gasteiger partial charge in [0.15, 0.2) is 0 Å². The lowest BCUT2D eigenvalue weighted by atomic mass is 9.97. The van der Waals surface area contributed by atoms with Crippen LogP contribution in [0.25, 0.3) is 0 Å². The van der Waals surface area contributed by atoms with Gasteiger partial charge in [-0.25, -0.2) is 4.98 Å². The van der Waals surface area contributed by atoms with Gasteiger partial charge in [0.2, 0.25) is 11.1 Å². The second-order valence-electron chi connectivity index (χ2n) is 6.23. The Bertz CT molecular complexity index is 697. The maximum atomic E-state index is 12.7. The average molecular weight is 330 g/mol. The van der Waals surface area contributed by atoms with Crippen LogP contribution in [0.5, 0.6) is 0 Å². The van der Waals surface area contributed by atoms with Gasteiger partial charge in [-0.15, -0.1) is 5.10 Å². The Morgan fingerprint density at radius 3 is 2.96 bits per heavy atom. The van der Waals surface area contributed by atoms with E-state index in [4.69, 9.17) is 0 Å². The molecule has 2 aromatic rings. The zero-order valence-corrected chi connectivity index (χ0v) is 14.6. The zero-order valence-electron chi connectivity index (χ0n) is 13.7. The fourth-order valence-corrected chi connectivity index (χ4v) is 3.51. The summed E-state index contributed by atoms with van der Waals surface area (Å²) in [6.45, 7) is 6.24. The molecule has 1 N–H and O–H groups in total. The highest BCUT2D eigenvalue weighted by Gasteiger charge is 2.28. The van der Waals surface area contributed by atoms with Crippen molar-refractivity contribution in [1.29, 1.82) is 0 Å². The maximum Gasteiger partial charge on any atom is 0.237 e. The first-order valence-corrected chi connectivity index (χ1v) is 9.00. The second-order valence-corrected chi connectivity index (χ2v) is 7.17. The first-order valence-electron chi connectivity index (χ1n) is 8.01. The van der Waals surface area contributed by atoms with E-state index in [0.29, 0.717) is 16.8 Å². The smallest absolute Gasteiger partial charge is 0.237 e. The van der Waals surface area contributed by atoms with Gasteiger partial charge in [-0.2, -0.15) is 0 Å². The molecule has 122 valence electrons. The van der Waals surface area contributed by atoms with Gasteiger partial charge in [0.05, 0.1) is 5.75 Å². The number of fused-ring (bicyclic) bond motifs is 1. The van der Waals surface area contributed by atoms with Crippen molar-refractivity contribution in [2.75, 3.05) is 10.7 Å². The average Bonchev–Trinajstić information content (AvgIpc) is 3.02. The molecule has 0 radical (unpaired) electrons. The topological polar surface area (TPSA) is 61.9 Å². The summed E-state index contributed by atoms with van der Waals surface area (Å²) in [5.74, 6) is 1.64. The highest BCUT2D eigenvalue weighted by Crippen LogP contribution is 2.31. The minimum Gasteiger partial charge on any atom is -0.309 e. The van der Waals surface area contributed by atoms with Crippen LogP contribution in [0.2, 0.25) is 0 Å². The van der Waals surface area contributed by atoms with E-state index < -0.39 is 0 Å². The molecule has 0 bridgehead atoms. The molecule has 2 heterocycles. The number of anilines is 1. The van der Waals surface area contributed by atoms with Crippen LogP contribution in [-0.2, 0) is 11.2 Å². The minimum absolute atomic E-state index is 0.116. The Hall–Kier alpha value is -1.82. The number of rotatable bonds is 4. The van der Waals surface area contributed by atoms with Crippen molar-refractivity contribution < 1.29 is 4.79 Å². The number of para-hydroxylation sites is 1. The van der Waals surface area contributed by atoms with Gasteiger partial charge in [0, 0.05) is 17.6 Å². The fraction of sp³-hybridized carbons (Fsp3) is 0.471. The number of carbonyl (C=O) groups excluding carboxylic acids is 1. The quantitative estimate of drug-likeness (QED) is 0.873. The Balaban J connectivity index is 1.70. The van der Waals surface area contributed by atoms with Crippen molar-refractivity contribution in [2.45, 2.75) is 50.7 Å². The van der Waals surface area contributed by atoms with Crippen LogP contribution in [0.1, 0.15) is 44.5 Å². The fourth-order valence-electron chi connectivity index (χ4n) is 2.85. The van der Waals surface area contributed by atoms with Crippen molar-refractivity contribution in [3.05, 3.63) is 35.7 Å². The van der Waals surface area contributed by atoms with Crippen molar-refractivity contribution in [1.82, 2.24) is 15.2 Å². The van der Waals surface area contributed by atoms with Crippen LogP contribution < -0.4 is 4.90 Å². The molecule has 6 heteroatoms. The van der Waals surface area contributed by atoms with E-state index in [2.05, 4.69) is 42.0 Å². The zero-order chi connectivity index (χ0) is 16.4. The number of aryl methyl sites for hydroxylation is 1. The molecule has 1 aliphatic heterocycles. The molecular weight excluding hydrogens is 308 g/mol. The van der Waals surface area contributed by atoms with E-state index in [-0.39, 0.29) is 11.9 Å². The number of hydrogen-bond acceptors (Lipinski definition) is 4. The lowest BCUT2D eigenvalue weighted by Gasteiger charge is -2.35. The molecule has 23 heavy (non-hydrogen) atoms. The molecule has 5 nitrogen and oxygen atoms in total. The normalized spacial score (nSPS) is 17.4. The van der Waals surface area contributed by atoms with Crippen LogP contribution in [0.15, 0.2) is 29.4 Å². The van der Waals surface area contributed by atoms with E-state index in [1.807, 2.05) is 23.1 Å². The third-order valence-corrected chi connectivity index (χ3v) is 4.98. The summed E-state index contributed by atoms with van der Waals surface area (Å²) in [4.78, 5) is 19.1. The number of H-pyrrole nitrogens is 1. The van der Waals surface area contributed by atoms with E-state index in [1.54, 1.807) is 0 Å². The van der Waals surface area contributed by atoms with Crippen LogP contribution in [0, 0.1) is 0 Å². The molecule has 1 aromatic carbocycles. The SMILES string of the molecule is CC(C)c1nc(SCC(=O)N2c3ccccc3CCC2C)n[nH]1. The monoisotopic (exact) mass is 330 g/mol. The molecule has 0 fully saturated rings. The number of nitrogens with one attached hydrogen (secondary N) is 1. The third-order valence-electron chi connectivity index (χ3n) is 4.15. The second kappa shape index (κ2) is 6.74. The molecule has 1 amide bonds. The van der Waals surface area contributed by atoms with E-state index in [0.717, 1.165) is 24.4 Å². The molecule has 0 aliphatic carbocycles. The summed E-state index contributed by atoms with van der Waals surface area (Å²) in [7, 11) is 0. The predicted octanol–water partition coefficient (Wildman–Crippen LogP) is 3.39.